The summed E-state index contributed by atoms with van der Waals surface area (Å²) in [5, 5.41) is 2.31. The first-order valence-corrected chi connectivity index (χ1v) is 11.3. The molecule has 1 atom stereocenters. The lowest BCUT2D eigenvalue weighted by molar-refractivity contribution is -0.142. The van der Waals surface area contributed by atoms with Crippen molar-refractivity contribution in [3.8, 4) is 0 Å². The molecule has 3 aliphatic rings. The minimum Gasteiger partial charge on any atom is -0.444 e. The van der Waals surface area contributed by atoms with Crippen molar-refractivity contribution < 1.29 is 23.9 Å². The van der Waals surface area contributed by atoms with Gasteiger partial charge in [-0.2, -0.15) is 0 Å². The van der Waals surface area contributed by atoms with Gasteiger partial charge in [-0.15, -0.1) is 0 Å². The number of imide groups is 1. The van der Waals surface area contributed by atoms with Gasteiger partial charge in [0, 0.05) is 50.9 Å². The Labute approximate surface area is 193 Å². The minimum atomic E-state index is -0.607. The zero-order chi connectivity index (χ0) is 23.8. The van der Waals surface area contributed by atoms with Gasteiger partial charge in [0.05, 0.1) is 0 Å². The molecule has 0 aromatic heterocycles. The molecule has 0 aliphatic carbocycles. The number of nitrogens with zero attached hydrogens (tertiary/aromatic N) is 3. The van der Waals surface area contributed by atoms with Crippen molar-refractivity contribution in [3.63, 3.8) is 0 Å². The number of anilines is 1. The first-order valence-electron chi connectivity index (χ1n) is 11.3. The van der Waals surface area contributed by atoms with Crippen molar-refractivity contribution in [3.05, 3.63) is 35.9 Å². The molecule has 1 aromatic carbocycles. The average Bonchev–Trinajstić information content (AvgIpc) is 3.14. The molecule has 1 N–H and O–H groups in total. The molecule has 33 heavy (non-hydrogen) atoms. The van der Waals surface area contributed by atoms with Crippen molar-refractivity contribution in [1.29, 1.82) is 0 Å². The third-order valence-electron chi connectivity index (χ3n) is 6.04. The Kier molecular flexibility index (Phi) is 6.14. The van der Waals surface area contributed by atoms with Crippen molar-refractivity contribution in [2.45, 2.75) is 45.3 Å². The average molecular weight is 455 g/mol. The van der Waals surface area contributed by atoms with Crippen LogP contribution in [-0.2, 0) is 19.1 Å². The molecule has 1 aromatic rings. The summed E-state index contributed by atoms with van der Waals surface area (Å²) in [5.41, 5.74) is 2.32. The van der Waals surface area contributed by atoms with E-state index in [1.165, 1.54) is 4.90 Å². The van der Waals surface area contributed by atoms with Crippen LogP contribution in [0.2, 0.25) is 0 Å². The third-order valence-corrected chi connectivity index (χ3v) is 6.04. The third kappa shape index (κ3) is 5.18. The lowest BCUT2D eigenvalue weighted by atomic mass is 10.0. The molecule has 3 aliphatic heterocycles. The van der Waals surface area contributed by atoms with Crippen molar-refractivity contribution in [2.75, 3.05) is 37.6 Å². The monoisotopic (exact) mass is 454 g/mol. The van der Waals surface area contributed by atoms with Gasteiger partial charge in [0.25, 0.3) is 0 Å². The summed E-state index contributed by atoms with van der Waals surface area (Å²) in [5.74, 6) is -0.907. The fourth-order valence-corrected chi connectivity index (χ4v) is 4.32. The van der Waals surface area contributed by atoms with Gasteiger partial charge in [-0.25, -0.2) is 4.79 Å². The van der Waals surface area contributed by atoms with Crippen LogP contribution in [0, 0.1) is 0 Å². The minimum absolute atomic E-state index is 0.207. The molecule has 176 valence electrons. The van der Waals surface area contributed by atoms with Gasteiger partial charge in [-0.1, -0.05) is 12.1 Å². The van der Waals surface area contributed by atoms with E-state index in [2.05, 4.69) is 10.2 Å². The number of piperazine rings is 1. The lowest BCUT2D eigenvalue weighted by Gasteiger charge is -2.36. The summed E-state index contributed by atoms with van der Waals surface area (Å²) in [6, 6.07) is 7.37. The number of rotatable bonds is 3. The molecular weight excluding hydrogens is 424 g/mol. The number of hydrogen-bond acceptors (Lipinski definition) is 6. The highest BCUT2D eigenvalue weighted by Gasteiger charge is 2.37. The molecule has 2 saturated heterocycles. The number of carbonyl (C=O) groups is 4. The normalized spacial score (nSPS) is 21.8. The van der Waals surface area contributed by atoms with Crippen LogP contribution in [0.15, 0.2) is 30.3 Å². The van der Waals surface area contributed by atoms with E-state index in [-0.39, 0.29) is 24.3 Å². The summed E-state index contributed by atoms with van der Waals surface area (Å²) in [7, 11) is 0. The van der Waals surface area contributed by atoms with Crippen molar-refractivity contribution >= 4 is 35.1 Å². The summed E-state index contributed by atoms with van der Waals surface area (Å²) >= 11 is 0. The summed E-state index contributed by atoms with van der Waals surface area (Å²) in [6.45, 7) is 8.54. The second-order valence-corrected chi connectivity index (χ2v) is 9.60. The largest absolute Gasteiger partial charge is 0.444 e. The smallest absolute Gasteiger partial charge is 0.410 e. The van der Waals surface area contributed by atoms with Crippen LogP contribution in [0.5, 0.6) is 0 Å². The van der Waals surface area contributed by atoms with E-state index >= 15 is 0 Å². The van der Waals surface area contributed by atoms with Gasteiger partial charge in [-0.3, -0.25) is 19.7 Å². The van der Waals surface area contributed by atoms with Gasteiger partial charge >= 0.3 is 6.09 Å². The molecule has 9 nitrogen and oxygen atoms in total. The van der Waals surface area contributed by atoms with Gasteiger partial charge in [-0.05, 0) is 50.5 Å². The maximum atomic E-state index is 12.5. The van der Waals surface area contributed by atoms with Crippen LogP contribution < -0.4 is 10.2 Å². The highest BCUT2D eigenvalue weighted by atomic mass is 16.6. The van der Waals surface area contributed by atoms with Gasteiger partial charge in [0.2, 0.25) is 17.7 Å². The Bertz CT molecular complexity index is 987. The zero-order valence-electron chi connectivity index (χ0n) is 19.3. The fraction of sp³-hybridized carbons (Fsp3) is 0.500. The molecule has 0 spiro atoms. The van der Waals surface area contributed by atoms with E-state index in [0.717, 1.165) is 16.8 Å². The summed E-state index contributed by atoms with van der Waals surface area (Å²) < 4.78 is 5.45. The molecule has 9 heteroatoms. The van der Waals surface area contributed by atoms with Crippen LogP contribution in [0.4, 0.5) is 10.5 Å². The van der Waals surface area contributed by atoms with Gasteiger partial charge in [0.1, 0.15) is 11.6 Å². The molecular formula is C24H30N4O5. The number of ether oxygens (including phenoxy) is 1. The van der Waals surface area contributed by atoms with E-state index < -0.39 is 17.6 Å². The molecule has 0 saturated carbocycles. The Balaban J connectivity index is 1.34. The first kappa shape index (κ1) is 22.8. The number of carbonyl (C=O) groups excluding carboxylic acids is 4. The standard InChI is InChI=1S/C24H30N4O5/c1-24(2,3)33-23(32)27-12-10-26(11-13-27)18-6-4-16(5-7-18)17-14-21(30)28(15-17)19-8-9-20(29)25-22(19)31/h4-7,14,19H,8-13,15H2,1-3H3,(H,25,29,31). The Morgan fingerprint density at radius 3 is 2.30 bits per heavy atom. The van der Waals surface area contributed by atoms with E-state index in [0.29, 0.717) is 39.1 Å². The number of nitrogens with one attached hydrogen (secondary N) is 1. The summed E-state index contributed by atoms with van der Waals surface area (Å²) in [4.78, 5) is 53.8. The Morgan fingerprint density at radius 1 is 1.03 bits per heavy atom. The quantitative estimate of drug-likeness (QED) is 0.699. The molecule has 1 unspecified atom stereocenters. The highest BCUT2D eigenvalue weighted by Crippen LogP contribution is 2.28. The van der Waals surface area contributed by atoms with Crippen LogP contribution >= 0.6 is 0 Å². The maximum Gasteiger partial charge on any atom is 0.410 e. The van der Waals surface area contributed by atoms with Crippen LogP contribution in [0.1, 0.15) is 39.2 Å². The van der Waals surface area contributed by atoms with Crippen LogP contribution in [-0.4, -0.2) is 78.0 Å². The van der Waals surface area contributed by atoms with Crippen LogP contribution in [0.25, 0.3) is 5.57 Å². The fourth-order valence-electron chi connectivity index (χ4n) is 4.32. The zero-order valence-corrected chi connectivity index (χ0v) is 19.3. The second kappa shape index (κ2) is 8.88. The SMILES string of the molecule is CC(C)(C)OC(=O)N1CCN(c2ccc(C3=CC(=O)N(C4CCC(=O)NC4=O)C3)cc2)CC1. The maximum absolute atomic E-state index is 12.5. The topological polar surface area (TPSA) is 99.3 Å². The molecule has 4 amide bonds. The van der Waals surface area contributed by atoms with Crippen molar-refractivity contribution in [2.24, 2.45) is 0 Å². The second-order valence-electron chi connectivity index (χ2n) is 9.60. The van der Waals surface area contributed by atoms with Gasteiger partial charge < -0.3 is 19.4 Å². The van der Waals surface area contributed by atoms with Crippen LogP contribution in [0.3, 0.4) is 0 Å². The lowest BCUT2D eigenvalue weighted by Crippen LogP contribution is -2.53. The highest BCUT2D eigenvalue weighted by molar-refractivity contribution is 6.06. The van der Waals surface area contributed by atoms with E-state index in [9.17, 15) is 19.2 Å². The van der Waals surface area contributed by atoms with E-state index in [1.807, 2.05) is 45.0 Å². The predicted molar refractivity (Wildman–Crippen MR) is 122 cm³/mol. The Hall–Kier alpha value is -3.36. The predicted octanol–water partition coefficient (Wildman–Crippen LogP) is 1.77. The molecule has 0 radical (unpaired) electrons. The summed E-state index contributed by atoms with van der Waals surface area (Å²) in [6.07, 6.45) is 1.88. The molecule has 2 fully saturated rings. The molecule has 4 rings (SSSR count). The Morgan fingerprint density at radius 2 is 1.70 bits per heavy atom. The first-order chi connectivity index (χ1) is 15.6. The van der Waals surface area contributed by atoms with Gasteiger partial charge in [0.15, 0.2) is 0 Å². The number of piperidine rings is 1. The van der Waals surface area contributed by atoms with E-state index in [1.54, 1.807) is 11.0 Å². The molecule has 0 bridgehead atoms. The molecule has 3 heterocycles. The number of hydrogen-bond donors (Lipinski definition) is 1. The van der Waals surface area contributed by atoms with E-state index in [4.69, 9.17) is 4.74 Å². The van der Waals surface area contributed by atoms with Crippen molar-refractivity contribution in [1.82, 2.24) is 15.1 Å². The number of benzene rings is 1. The number of amides is 4.